The van der Waals surface area contributed by atoms with Crippen molar-refractivity contribution in [2.75, 3.05) is 29.2 Å². The maximum Gasteiger partial charge on any atom is 0.152 e. The second-order valence-electron chi connectivity index (χ2n) is 5.15. The first kappa shape index (κ1) is 15.0. The van der Waals surface area contributed by atoms with Crippen molar-refractivity contribution >= 4 is 21.5 Å². The molecule has 1 aromatic rings. The number of aromatic nitrogens is 2. The molecule has 1 atom stereocenters. The Kier molecular flexibility index (Phi) is 4.80. The topological polar surface area (TPSA) is 84.0 Å². The van der Waals surface area contributed by atoms with Crippen LogP contribution in [0.5, 0.6) is 0 Å². The van der Waals surface area contributed by atoms with Crippen LogP contribution in [-0.4, -0.2) is 43.0 Å². The Morgan fingerprint density at radius 1 is 1.35 bits per heavy atom. The van der Waals surface area contributed by atoms with Gasteiger partial charge >= 0.3 is 0 Å². The van der Waals surface area contributed by atoms with Gasteiger partial charge in [0.1, 0.15) is 18.0 Å². The SMILES string of the molecule is CCCc1c(NC)ncnc1NC1CCCS(=O)(=O)C1. The Morgan fingerprint density at radius 2 is 2.10 bits per heavy atom. The lowest BCUT2D eigenvalue weighted by Gasteiger charge is -2.25. The van der Waals surface area contributed by atoms with Gasteiger partial charge in [-0.3, -0.25) is 0 Å². The Balaban J connectivity index is 2.20. The molecular formula is C13H22N4O2S. The molecule has 1 fully saturated rings. The Bertz CT molecular complexity index is 559. The van der Waals surface area contributed by atoms with Gasteiger partial charge in [0.25, 0.3) is 0 Å². The molecule has 0 aliphatic carbocycles. The van der Waals surface area contributed by atoms with Gasteiger partial charge in [-0.25, -0.2) is 18.4 Å². The fraction of sp³-hybridized carbons (Fsp3) is 0.692. The number of hydrogen-bond acceptors (Lipinski definition) is 6. The first-order valence-electron chi connectivity index (χ1n) is 7.04. The highest BCUT2D eigenvalue weighted by molar-refractivity contribution is 7.91. The van der Waals surface area contributed by atoms with Gasteiger partial charge in [-0.05, 0) is 19.3 Å². The van der Waals surface area contributed by atoms with Crippen molar-refractivity contribution in [3.05, 3.63) is 11.9 Å². The third kappa shape index (κ3) is 3.59. The van der Waals surface area contributed by atoms with E-state index in [1.807, 2.05) is 7.05 Å². The predicted molar refractivity (Wildman–Crippen MR) is 80.9 cm³/mol. The molecule has 1 aliphatic heterocycles. The number of hydrogen-bond donors (Lipinski definition) is 2. The van der Waals surface area contributed by atoms with E-state index in [1.54, 1.807) is 0 Å². The van der Waals surface area contributed by atoms with Crippen molar-refractivity contribution in [2.45, 2.75) is 38.6 Å². The van der Waals surface area contributed by atoms with Gasteiger partial charge in [-0.1, -0.05) is 13.3 Å². The van der Waals surface area contributed by atoms with E-state index in [0.29, 0.717) is 12.2 Å². The number of sulfone groups is 1. The van der Waals surface area contributed by atoms with Gasteiger partial charge < -0.3 is 10.6 Å². The molecule has 1 unspecified atom stereocenters. The first-order valence-corrected chi connectivity index (χ1v) is 8.86. The molecule has 0 spiro atoms. The Morgan fingerprint density at radius 3 is 2.75 bits per heavy atom. The molecule has 0 amide bonds. The Hall–Kier alpha value is -1.37. The molecule has 2 heterocycles. The summed E-state index contributed by atoms with van der Waals surface area (Å²) in [6, 6.07) is -0.0519. The van der Waals surface area contributed by atoms with E-state index in [4.69, 9.17) is 0 Å². The zero-order chi connectivity index (χ0) is 14.6. The molecule has 1 saturated heterocycles. The lowest BCUT2D eigenvalue weighted by Crippen LogP contribution is -2.35. The molecule has 1 aliphatic rings. The number of nitrogens with one attached hydrogen (secondary N) is 2. The lowest BCUT2D eigenvalue weighted by molar-refractivity contribution is 0.561. The fourth-order valence-electron chi connectivity index (χ4n) is 2.57. The molecule has 2 N–H and O–H groups in total. The normalized spacial score (nSPS) is 21.4. The van der Waals surface area contributed by atoms with Gasteiger partial charge in [0.2, 0.25) is 0 Å². The zero-order valence-corrected chi connectivity index (χ0v) is 12.8. The minimum absolute atomic E-state index is 0.0519. The molecule has 7 heteroatoms. The highest BCUT2D eigenvalue weighted by Gasteiger charge is 2.25. The van der Waals surface area contributed by atoms with Crippen molar-refractivity contribution in [3.63, 3.8) is 0 Å². The third-order valence-electron chi connectivity index (χ3n) is 3.49. The molecule has 112 valence electrons. The monoisotopic (exact) mass is 298 g/mol. The molecule has 20 heavy (non-hydrogen) atoms. The van der Waals surface area contributed by atoms with Gasteiger partial charge in [0.15, 0.2) is 9.84 Å². The summed E-state index contributed by atoms with van der Waals surface area (Å²) in [7, 11) is -1.08. The summed E-state index contributed by atoms with van der Waals surface area (Å²) < 4.78 is 23.4. The average Bonchev–Trinajstić information content (AvgIpc) is 2.40. The van der Waals surface area contributed by atoms with E-state index < -0.39 is 9.84 Å². The number of rotatable bonds is 5. The maximum atomic E-state index is 11.7. The van der Waals surface area contributed by atoms with Crippen LogP contribution in [0.25, 0.3) is 0 Å². The largest absolute Gasteiger partial charge is 0.373 e. The minimum Gasteiger partial charge on any atom is -0.373 e. The zero-order valence-electron chi connectivity index (χ0n) is 12.0. The molecule has 1 aromatic heterocycles. The molecule has 0 aromatic carbocycles. The standard InChI is InChI=1S/C13H22N4O2S/c1-3-5-11-12(14-2)15-9-16-13(11)17-10-6-4-7-20(18,19)8-10/h9-10H,3-8H2,1-2H3,(H2,14,15,16,17). The van der Waals surface area contributed by atoms with E-state index in [2.05, 4.69) is 27.5 Å². The summed E-state index contributed by atoms with van der Waals surface area (Å²) in [4.78, 5) is 8.51. The molecule has 0 bridgehead atoms. The second-order valence-corrected chi connectivity index (χ2v) is 7.38. The second kappa shape index (κ2) is 6.39. The molecular weight excluding hydrogens is 276 g/mol. The molecule has 2 rings (SSSR count). The van der Waals surface area contributed by atoms with Crippen LogP contribution in [0.3, 0.4) is 0 Å². The highest BCUT2D eigenvalue weighted by atomic mass is 32.2. The third-order valence-corrected chi connectivity index (χ3v) is 5.31. The summed E-state index contributed by atoms with van der Waals surface area (Å²) in [6.45, 7) is 2.10. The average molecular weight is 298 g/mol. The number of anilines is 2. The van der Waals surface area contributed by atoms with Crippen LogP contribution in [0.2, 0.25) is 0 Å². The molecule has 0 radical (unpaired) electrons. The maximum absolute atomic E-state index is 11.7. The molecule has 6 nitrogen and oxygen atoms in total. The van der Waals surface area contributed by atoms with Crippen LogP contribution in [0.4, 0.5) is 11.6 Å². The summed E-state index contributed by atoms with van der Waals surface area (Å²) in [5, 5.41) is 6.36. The highest BCUT2D eigenvalue weighted by Crippen LogP contribution is 2.24. The van der Waals surface area contributed by atoms with Gasteiger partial charge in [0, 0.05) is 18.7 Å². The van der Waals surface area contributed by atoms with Crippen LogP contribution in [0.1, 0.15) is 31.7 Å². The minimum atomic E-state index is -2.91. The van der Waals surface area contributed by atoms with E-state index in [1.165, 1.54) is 6.33 Å². The van der Waals surface area contributed by atoms with E-state index in [0.717, 1.165) is 36.5 Å². The van der Waals surface area contributed by atoms with Crippen LogP contribution in [0.15, 0.2) is 6.33 Å². The van der Waals surface area contributed by atoms with E-state index in [-0.39, 0.29) is 11.8 Å². The quantitative estimate of drug-likeness (QED) is 0.856. The van der Waals surface area contributed by atoms with Gasteiger partial charge in [-0.2, -0.15) is 0 Å². The fourth-order valence-corrected chi connectivity index (χ4v) is 4.21. The predicted octanol–water partition coefficient (Wildman–Crippen LogP) is 1.46. The van der Waals surface area contributed by atoms with Crippen molar-refractivity contribution in [2.24, 2.45) is 0 Å². The number of nitrogens with zero attached hydrogens (tertiary/aromatic N) is 2. The van der Waals surface area contributed by atoms with Crippen LogP contribution in [-0.2, 0) is 16.3 Å². The van der Waals surface area contributed by atoms with Crippen molar-refractivity contribution in [1.29, 1.82) is 0 Å². The summed E-state index contributed by atoms with van der Waals surface area (Å²) >= 11 is 0. The van der Waals surface area contributed by atoms with E-state index >= 15 is 0 Å². The lowest BCUT2D eigenvalue weighted by atomic mass is 10.1. The van der Waals surface area contributed by atoms with Crippen molar-refractivity contribution in [3.8, 4) is 0 Å². The van der Waals surface area contributed by atoms with Gasteiger partial charge in [-0.15, -0.1) is 0 Å². The van der Waals surface area contributed by atoms with E-state index in [9.17, 15) is 8.42 Å². The van der Waals surface area contributed by atoms with Crippen LogP contribution >= 0.6 is 0 Å². The smallest absolute Gasteiger partial charge is 0.152 e. The summed E-state index contributed by atoms with van der Waals surface area (Å²) in [5.74, 6) is 2.06. The molecule has 0 saturated carbocycles. The van der Waals surface area contributed by atoms with Crippen LogP contribution in [0, 0.1) is 0 Å². The Labute approximate surface area is 120 Å². The van der Waals surface area contributed by atoms with Crippen molar-refractivity contribution < 1.29 is 8.42 Å². The van der Waals surface area contributed by atoms with Crippen LogP contribution < -0.4 is 10.6 Å². The van der Waals surface area contributed by atoms with Crippen molar-refractivity contribution in [1.82, 2.24) is 9.97 Å². The van der Waals surface area contributed by atoms with Gasteiger partial charge in [0.05, 0.1) is 11.5 Å². The summed E-state index contributed by atoms with van der Waals surface area (Å²) in [6.07, 6.45) is 4.93. The summed E-state index contributed by atoms with van der Waals surface area (Å²) in [5.41, 5.74) is 1.03. The first-order chi connectivity index (χ1) is 9.55.